The number of rotatable bonds is 5. The second-order valence-corrected chi connectivity index (χ2v) is 9.21. The van der Waals surface area contributed by atoms with Gasteiger partial charge < -0.3 is 10.2 Å². The molecule has 0 aliphatic rings. The van der Waals surface area contributed by atoms with Crippen molar-refractivity contribution in [3.8, 4) is 0 Å². The summed E-state index contributed by atoms with van der Waals surface area (Å²) < 4.78 is 0. The summed E-state index contributed by atoms with van der Waals surface area (Å²) in [5, 5.41) is 26.4. The molecule has 0 aromatic heterocycles. The van der Waals surface area contributed by atoms with Crippen molar-refractivity contribution in [2.45, 2.75) is 39.5 Å². The SMILES string of the molecule is CCC(=O)O.CCC(=O)O.[Ti+2].c1ccc2c(c1)[cH-]c1c(CCc3cccc4c3[cH-]c3ccccc34)cccc12. The van der Waals surface area contributed by atoms with Gasteiger partial charge in [0.1, 0.15) is 0 Å². The Morgan fingerprint density at radius 2 is 0.897 bits per heavy atom. The number of fused-ring (bicyclic) bond motifs is 6. The van der Waals surface area contributed by atoms with Crippen LogP contribution in [0.2, 0.25) is 0 Å². The van der Waals surface area contributed by atoms with E-state index in [-0.39, 0.29) is 34.6 Å². The predicted octanol–water partition coefficient (Wildman–Crippen LogP) is 8.48. The average Bonchev–Trinajstić information content (AvgIpc) is 3.52. The number of hydrogen-bond acceptors (Lipinski definition) is 2. The number of carboxylic acid groups (broad SMARTS) is 2. The number of aliphatic carboxylic acids is 2. The van der Waals surface area contributed by atoms with E-state index in [1.807, 2.05) is 0 Å². The molecule has 6 aromatic carbocycles. The fraction of sp³-hybridized carbons (Fsp3) is 0.176. The smallest absolute Gasteiger partial charge is 0.481 e. The molecule has 4 nitrogen and oxygen atoms in total. The molecule has 0 spiro atoms. The molecule has 0 aliphatic heterocycles. The van der Waals surface area contributed by atoms with Crippen LogP contribution in [0, 0.1) is 0 Å². The van der Waals surface area contributed by atoms with Crippen molar-refractivity contribution >= 4 is 55.0 Å². The third-order valence-electron chi connectivity index (χ3n) is 6.76. The summed E-state index contributed by atoms with van der Waals surface area (Å²) in [4.78, 5) is 18.7. The molecule has 0 fully saturated rings. The van der Waals surface area contributed by atoms with E-state index in [9.17, 15) is 9.59 Å². The van der Waals surface area contributed by atoms with E-state index in [0.717, 1.165) is 12.8 Å². The summed E-state index contributed by atoms with van der Waals surface area (Å²) in [6.07, 6.45) is 2.57. The average molecular weight is 552 g/mol. The van der Waals surface area contributed by atoms with Crippen LogP contribution in [0.4, 0.5) is 0 Å². The van der Waals surface area contributed by atoms with Gasteiger partial charge in [0.2, 0.25) is 0 Å². The summed E-state index contributed by atoms with van der Waals surface area (Å²) in [6.45, 7) is 3.20. The van der Waals surface area contributed by atoms with Crippen LogP contribution in [-0.2, 0) is 44.1 Å². The van der Waals surface area contributed by atoms with Crippen LogP contribution in [0.3, 0.4) is 0 Å². The quantitative estimate of drug-likeness (QED) is 0.166. The zero-order chi connectivity index (χ0) is 27.1. The monoisotopic (exact) mass is 552 g/mol. The number of benzene rings is 4. The molecule has 0 bridgehead atoms. The van der Waals surface area contributed by atoms with E-state index < -0.39 is 11.9 Å². The Labute approximate surface area is 243 Å². The molecule has 0 amide bonds. The number of carboxylic acids is 2. The molecular weight excluding hydrogens is 520 g/mol. The van der Waals surface area contributed by atoms with Gasteiger partial charge in [-0.3, -0.25) is 9.59 Å². The van der Waals surface area contributed by atoms with E-state index in [1.54, 1.807) is 13.8 Å². The summed E-state index contributed by atoms with van der Waals surface area (Å²) >= 11 is 0. The minimum absolute atomic E-state index is 0. The van der Waals surface area contributed by atoms with Crippen molar-refractivity contribution in [1.29, 1.82) is 0 Å². The zero-order valence-corrected chi connectivity index (χ0v) is 23.8. The Morgan fingerprint density at radius 1 is 0.564 bits per heavy atom. The molecule has 6 aromatic rings. The molecule has 0 unspecified atom stereocenters. The summed E-state index contributed by atoms with van der Waals surface area (Å²) in [5.41, 5.74) is 2.89. The van der Waals surface area contributed by atoms with Crippen LogP contribution in [0.1, 0.15) is 37.8 Å². The van der Waals surface area contributed by atoms with Crippen molar-refractivity contribution in [3.63, 3.8) is 0 Å². The molecule has 2 N–H and O–H groups in total. The normalized spacial score (nSPS) is 10.4. The molecule has 0 aliphatic carbocycles. The molecule has 5 heteroatoms. The van der Waals surface area contributed by atoms with Crippen LogP contribution in [0.15, 0.2) is 97.1 Å². The number of aryl methyl sites for hydroxylation is 2. The van der Waals surface area contributed by atoms with Crippen LogP contribution in [0.25, 0.3) is 43.1 Å². The third kappa shape index (κ3) is 7.03. The topological polar surface area (TPSA) is 74.6 Å². The van der Waals surface area contributed by atoms with Gasteiger partial charge in [-0.2, -0.15) is 0 Å². The van der Waals surface area contributed by atoms with E-state index in [1.165, 1.54) is 54.2 Å². The van der Waals surface area contributed by atoms with E-state index in [2.05, 4.69) is 97.1 Å². The summed E-state index contributed by atoms with van der Waals surface area (Å²) in [7, 11) is 0. The van der Waals surface area contributed by atoms with Gasteiger partial charge in [-0.1, -0.05) is 99.5 Å². The Bertz CT molecular complexity index is 1580. The van der Waals surface area contributed by atoms with Gasteiger partial charge >= 0.3 is 33.7 Å². The zero-order valence-electron chi connectivity index (χ0n) is 22.3. The number of carbonyl (C=O) groups is 2. The molecular formula is C34H32O4Ti. The van der Waals surface area contributed by atoms with Crippen molar-refractivity contribution in [2.75, 3.05) is 0 Å². The maximum atomic E-state index is 9.37. The number of hydrogen-bond donors (Lipinski definition) is 2. The van der Waals surface area contributed by atoms with Gasteiger partial charge in [-0.05, 0) is 0 Å². The molecule has 0 radical (unpaired) electrons. The summed E-state index contributed by atoms with van der Waals surface area (Å²) in [5.74, 6) is -1.49. The molecule has 0 atom stereocenters. The fourth-order valence-electron chi connectivity index (χ4n) is 4.79. The third-order valence-corrected chi connectivity index (χ3v) is 6.76. The van der Waals surface area contributed by atoms with Gasteiger partial charge in [0.15, 0.2) is 0 Å². The Balaban J connectivity index is 0.000000332. The summed E-state index contributed by atoms with van der Waals surface area (Å²) in [6, 6.07) is 35.7. The maximum Gasteiger partial charge on any atom is 2.00 e. The first-order valence-electron chi connectivity index (χ1n) is 13.0. The predicted molar refractivity (Wildman–Crippen MR) is 157 cm³/mol. The minimum Gasteiger partial charge on any atom is -0.481 e. The van der Waals surface area contributed by atoms with Crippen molar-refractivity contribution in [1.82, 2.24) is 0 Å². The van der Waals surface area contributed by atoms with E-state index in [0.29, 0.717) is 0 Å². The fourth-order valence-corrected chi connectivity index (χ4v) is 4.79. The first-order chi connectivity index (χ1) is 18.4. The Morgan fingerprint density at radius 3 is 1.26 bits per heavy atom. The molecule has 196 valence electrons. The Kier molecular flexibility index (Phi) is 10.6. The van der Waals surface area contributed by atoms with Gasteiger partial charge in [0.05, 0.1) is 0 Å². The van der Waals surface area contributed by atoms with Crippen molar-refractivity contribution in [2.24, 2.45) is 0 Å². The van der Waals surface area contributed by atoms with Crippen molar-refractivity contribution < 1.29 is 41.5 Å². The molecule has 39 heavy (non-hydrogen) atoms. The second kappa shape index (κ2) is 13.9. The molecule has 0 saturated carbocycles. The largest absolute Gasteiger partial charge is 2.00 e. The first kappa shape index (κ1) is 29.8. The van der Waals surface area contributed by atoms with Crippen LogP contribution >= 0.6 is 0 Å². The Hall–Kier alpha value is -3.73. The molecule has 6 rings (SSSR count). The first-order valence-corrected chi connectivity index (χ1v) is 13.0. The van der Waals surface area contributed by atoms with Crippen LogP contribution in [0.5, 0.6) is 0 Å². The van der Waals surface area contributed by atoms with Crippen LogP contribution in [-0.4, -0.2) is 22.2 Å². The van der Waals surface area contributed by atoms with Gasteiger partial charge in [-0.25, -0.2) is 0 Å². The maximum absolute atomic E-state index is 9.37. The van der Waals surface area contributed by atoms with Gasteiger partial charge in [-0.15, -0.1) is 78.5 Å². The standard InChI is InChI=1S/C28H20.2C3H6O2.Ti/c1-3-11-23-21(7-1)17-27-19(9-5-13-25(23)27)15-16-20-10-6-14-26-24-12-4-2-8-22(24)18-28(20)26;2*1-2-3(4)5;/h1-14,17-18H,15-16H2;2*2H2,1H3,(H,4,5);/q-2;;;+2. The van der Waals surface area contributed by atoms with Crippen molar-refractivity contribution in [3.05, 3.63) is 108 Å². The van der Waals surface area contributed by atoms with E-state index >= 15 is 0 Å². The van der Waals surface area contributed by atoms with Crippen LogP contribution < -0.4 is 0 Å². The minimum atomic E-state index is -0.745. The van der Waals surface area contributed by atoms with Gasteiger partial charge in [0, 0.05) is 12.8 Å². The second-order valence-electron chi connectivity index (χ2n) is 9.21. The molecule has 0 saturated heterocycles. The van der Waals surface area contributed by atoms with E-state index in [4.69, 9.17) is 10.2 Å². The van der Waals surface area contributed by atoms with Gasteiger partial charge in [0.25, 0.3) is 0 Å². The molecule has 0 heterocycles.